The van der Waals surface area contributed by atoms with E-state index in [9.17, 15) is 31.1 Å². The highest BCUT2D eigenvalue weighted by Gasteiger charge is 2.61. The van der Waals surface area contributed by atoms with E-state index in [1.165, 1.54) is 6.92 Å². The van der Waals surface area contributed by atoms with Crippen LogP contribution in [0.2, 0.25) is 0 Å². The van der Waals surface area contributed by atoms with Crippen molar-refractivity contribution in [3.63, 3.8) is 0 Å². The highest BCUT2D eigenvalue weighted by Crippen LogP contribution is 2.42. The van der Waals surface area contributed by atoms with Gasteiger partial charge in [0.05, 0.1) is 13.3 Å². The number of ether oxygens (including phenoxy) is 1. The number of methoxy groups -OCH3 is 1. The Balaban J connectivity index is 3.37. The average molecular weight is 304 g/mol. The number of alkyl halides is 6. The minimum Gasteiger partial charge on any atom is -0.493 e. The number of carbonyl (C=O) groups is 1. The van der Waals surface area contributed by atoms with Crippen LogP contribution in [0.3, 0.4) is 0 Å². The Morgan fingerprint density at radius 2 is 1.80 bits per heavy atom. The molecule has 4 nitrogen and oxygen atoms in total. The van der Waals surface area contributed by atoms with Crippen LogP contribution in [0, 0.1) is 5.92 Å². The molecule has 0 aromatic carbocycles. The minimum absolute atomic E-state index is 0.0765. The van der Waals surface area contributed by atoms with Gasteiger partial charge >= 0.3 is 12.4 Å². The zero-order valence-corrected chi connectivity index (χ0v) is 10.3. The van der Waals surface area contributed by atoms with Crippen molar-refractivity contribution in [2.45, 2.75) is 25.8 Å². The topological polar surface area (TPSA) is 44.1 Å². The maximum Gasteiger partial charge on any atom is 0.407 e. The number of Topliss-reactive ketones (excluding diaryl/α,β-unsaturated/α-hetero) is 1. The molecule has 1 rings (SSSR count). The number of carbonyl (C=O) groups excluding carboxylic acids is 1. The van der Waals surface area contributed by atoms with Gasteiger partial charge in [0.1, 0.15) is 5.69 Å². The maximum atomic E-state index is 12.5. The van der Waals surface area contributed by atoms with Gasteiger partial charge in [-0.1, -0.05) is 0 Å². The summed E-state index contributed by atoms with van der Waals surface area (Å²) in [7, 11) is 1.02. The van der Waals surface area contributed by atoms with Crippen molar-refractivity contribution in [2.75, 3.05) is 7.11 Å². The normalized spacial score (nSPS) is 12.8. The highest BCUT2D eigenvalue weighted by atomic mass is 19.4. The van der Waals surface area contributed by atoms with Gasteiger partial charge in [0.2, 0.25) is 11.7 Å². The van der Waals surface area contributed by atoms with E-state index in [0.29, 0.717) is 0 Å². The quantitative estimate of drug-likeness (QED) is 0.634. The summed E-state index contributed by atoms with van der Waals surface area (Å²) in [6.07, 6.45) is -10.6. The fourth-order valence-electron chi connectivity index (χ4n) is 1.63. The Kier molecular flexibility index (Phi) is 4.35. The van der Waals surface area contributed by atoms with Crippen molar-refractivity contribution in [2.24, 2.45) is 5.92 Å². The van der Waals surface area contributed by atoms with E-state index >= 15 is 0 Å². The molecule has 0 atom stereocenters. The van der Waals surface area contributed by atoms with Crippen LogP contribution in [0.4, 0.5) is 26.3 Å². The van der Waals surface area contributed by atoms with Crippen LogP contribution < -0.4 is 4.74 Å². The number of halogens is 6. The summed E-state index contributed by atoms with van der Waals surface area (Å²) in [5, 5.41) is 3.51. The number of rotatable bonds is 4. The van der Waals surface area contributed by atoms with Gasteiger partial charge in [0.25, 0.3) is 0 Å². The molecule has 1 aromatic rings. The Labute approximate surface area is 109 Å². The molecule has 0 N–H and O–H groups in total. The Bertz CT molecular complexity index is 455. The summed E-state index contributed by atoms with van der Waals surface area (Å²) < 4.78 is 80.4. The number of hydrogen-bond acceptors (Lipinski definition) is 3. The van der Waals surface area contributed by atoms with E-state index in [1.54, 1.807) is 0 Å². The molecule has 0 aliphatic carbocycles. The summed E-state index contributed by atoms with van der Waals surface area (Å²) in [6.45, 7) is 1.34. The third-order valence-corrected chi connectivity index (χ3v) is 2.48. The first-order valence-electron chi connectivity index (χ1n) is 5.31. The summed E-state index contributed by atoms with van der Waals surface area (Å²) >= 11 is 0. The molecule has 0 radical (unpaired) electrons. The standard InChI is InChI=1S/C10H10F6N2O2/c1-3-18-6(5(20-2)4-17-18)7(19)8(9(11,12)13)10(14,15)16/h4,8H,3H2,1-2H3. The summed E-state index contributed by atoms with van der Waals surface area (Å²) in [5.41, 5.74) is -0.852. The van der Waals surface area contributed by atoms with Crippen LogP contribution in [-0.4, -0.2) is 35.0 Å². The smallest absolute Gasteiger partial charge is 0.407 e. The number of nitrogens with zero attached hydrogens (tertiary/aromatic N) is 2. The van der Waals surface area contributed by atoms with Crippen molar-refractivity contribution in [3.05, 3.63) is 11.9 Å². The molecule has 0 fully saturated rings. The predicted molar refractivity (Wildman–Crippen MR) is 54.4 cm³/mol. The van der Waals surface area contributed by atoms with Crippen LogP contribution in [0.1, 0.15) is 17.4 Å². The largest absolute Gasteiger partial charge is 0.493 e. The fraction of sp³-hybridized carbons (Fsp3) is 0.600. The first-order valence-corrected chi connectivity index (χ1v) is 5.31. The van der Waals surface area contributed by atoms with Gasteiger partial charge < -0.3 is 4.74 Å². The van der Waals surface area contributed by atoms with E-state index in [0.717, 1.165) is 18.0 Å². The van der Waals surface area contributed by atoms with Crippen molar-refractivity contribution < 1.29 is 35.9 Å². The van der Waals surface area contributed by atoms with E-state index < -0.39 is 35.5 Å². The Morgan fingerprint density at radius 1 is 1.30 bits per heavy atom. The van der Waals surface area contributed by atoms with Gasteiger partial charge in [-0.25, -0.2) is 0 Å². The monoisotopic (exact) mass is 304 g/mol. The molecule has 0 aliphatic rings. The number of aromatic nitrogens is 2. The molecule has 0 spiro atoms. The van der Waals surface area contributed by atoms with Crippen LogP contribution >= 0.6 is 0 Å². The van der Waals surface area contributed by atoms with Crippen molar-refractivity contribution in [3.8, 4) is 5.75 Å². The molecule has 20 heavy (non-hydrogen) atoms. The lowest BCUT2D eigenvalue weighted by atomic mass is 10.00. The second-order valence-corrected chi connectivity index (χ2v) is 3.76. The molecule has 0 saturated heterocycles. The van der Waals surface area contributed by atoms with Crippen molar-refractivity contribution in [1.82, 2.24) is 9.78 Å². The maximum absolute atomic E-state index is 12.5. The lowest BCUT2D eigenvalue weighted by Gasteiger charge is -2.22. The molecule has 114 valence electrons. The Hall–Kier alpha value is -1.74. The van der Waals surface area contributed by atoms with Gasteiger partial charge in [-0.05, 0) is 6.92 Å². The molecule has 0 unspecified atom stereocenters. The first-order chi connectivity index (χ1) is 9.04. The predicted octanol–water partition coefficient (Wildman–Crippen LogP) is 2.84. The van der Waals surface area contributed by atoms with Gasteiger partial charge in [-0.3, -0.25) is 9.48 Å². The van der Waals surface area contributed by atoms with Gasteiger partial charge in [-0.15, -0.1) is 0 Å². The molecule has 10 heteroatoms. The van der Waals surface area contributed by atoms with Crippen LogP contribution in [-0.2, 0) is 6.54 Å². The number of ketones is 1. The first kappa shape index (κ1) is 16.3. The highest BCUT2D eigenvalue weighted by molar-refractivity contribution is 5.99. The van der Waals surface area contributed by atoms with Gasteiger partial charge in [-0.2, -0.15) is 31.4 Å². The zero-order valence-electron chi connectivity index (χ0n) is 10.3. The van der Waals surface area contributed by atoms with E-state index in [-0.39, 0.29) is 6.54 Å². The Morgan fingerprint density at radius 3 is 2.15 bits per heavy atom. The van der Waals surface area contributed by atoms with Gasteiger partial charge in [0.15, 0.2) is 5.75 Å². The second kappa shape index (κ2) is 5.33. The number of aryl methyl sites for hydroxylation is 1. The molecule has 0 amide bonds. The van der Waals surface area contributed by atoms with Crippen molar-refractivity contribution >= 4 is 5.78 Å². The van der Waals surface area contributed by atoms with E-state index in [1.807, 2.05) is 0 Å². The molecule has 1 heterocycles. The van der Waals surface area contributed by atoms with E-state index in [4.69, 9.17) is 0 Å². The van der Waals surface area contributed by atoms with Crippen LogP contribution in [0.5, 0.6) is 5.75 Å². The van der Waals surface area contributed by atoms with Crippen LogP contribution in [0.15, 0.2) is 6.20 Å². The molecule has 0 aliphatic heterocycles. The average Bonchev–Trinajstić information content (AvgIpc) is 2.67. The molecule has 0 bridgehead atoms. The van der Waals surface area contributed by atoms with E-state index in [2.05, 4.69) is 9.84 Å². The van der Waals surface area contributed by atoms with Crippen LogP contribution in [0.25, 0.3) is 0 Å². The molecular formula is C10H10F6N2O2. The molecule has 1 aromatic heterocycles. The van der Waals surface area contributed by atoms with Crippen molar-refractivity contribution in [1.29, 1.82) is 0 Å². The molecular weight excluding hydrogens is 294 g/mol. The third kappa shape index (κ3) is 3.05. The summed E-state index contributed by atoms with van der Waals surface area (Å²) in [5.74, 6) is -6.68. The van der Waals surface area contributed by atoms with Gasteiger partial charge in [0, 0.05) is 6.54 Å². The lowest BCUT2D eigenvalue weighted by Crippen LogP contribution is -2.43. The minimum atomic E-state index is -5.75. The summed E-state index contributed by atoms with van der Waals surface area (Å²) in [6, 6.07) is 0. The SMILES string of the molecule is CCn1ncc(OC)c1C(=O)C(C(F)(F)F)C(F)(F)F. The summed E-state index contributed by atoms with van der Waals surface area (Å²) in [4.78, 5) is 11.7. The molecule has 0 saturated carbocycles. The third-order valence-electron chi connectivity index (χ3n) is 2.48. The second-order valence-electron chi connectivity index (χ2n) is 3.76. The zero-order chi connectivity index (χ0) is 15.7. The lowest BCUT2D eigenvalue weighted by molar-refractivity contribution is -0.265. The number of hydrogen-bond donors (Lipinski definition) is 0. The fourth-order valence-corrected chi connectivity index (χ4v) is 1.63.